The van der Waals surface area contributed by atoms with Crippen LogP contribution in [-0.2, 0) is 16.0 Å². The van der Waals surface area contributed by atoms with Crippen molar-refractivity contribution in [3.05, 3.63) is 35.6 Å². The van der Waals surface area contributed by atoms with Crippen molar-refractivity contribution in [2.75, 3.05) is 18.5 Å². The van der Waals surface area contributed by atoms with Gasteiger partial charge in [-0.15, -0.1) is 0 Å². The van der Waals surface area contributed by atoms with Crippen molar-refractivity contribution in [2.24, 2.45) is 0 Å². The second-order valence-corrected chi connectivity index (χ2v) is 5.46. The molecular formula is C14H17BrFNO2. The summed E-state index contributed by atoms with van der Waals surface area (Å²) in [5.74, 6) is -0.286. The van der Waals surface area contributed by atoms with Crippen LogP contribution in [0.15, 0.2) is 24.3 Å². The second kappa shape index (κ2) is 6.48. The van der Waals surface area contributed by atoms with Crippen LogP contribution in [0.1, 0.15) is 12.5 Å². The van der Waals surface area contributed by atoms with E-state index in [-0.39, 0.29) is 30.3 Å². The molecule has 5 heteroatoms. The molecule has 1 aliphatic heterocycles. The summed E-state index contributed by atoms with van der Waals surface area (Å²) in [6, 6.07) is 6.25. The molecule has 0 radical (unpaired) electrons. The Bertz CT molecular complexity index is 455. The van der Waals surface area contributed by atoms with Crippen molar-refractivity contribution in [1.29, 1.82) is 0 Å². The summed E-state index contributed by atoms with van der Waals surface area (Å²) in [7, 11) is 0. The molecule has 2 rings (SSSR count). The van der Waals surface area contributed by atoms with Crippen molar-refractivity contribution in [3.63, 3.8) is 0 Å². The van der Waals surface area contributed by atoms with Crippen LogP contribution in [-0.4, -0.2) is 41.4 Å². The van der Waals surface area contributed by atoms with Crippen LogP contribution in [0, 0.1) is 5.82 Å². The van der Waals surface area contributed by atoms with Crippen LogP contribution < -0.4 is 0 Å². The number of carbonyl (C=O) groups excluding carboxylic acids is 1. The Hall–Kier alpha value is -0.940. The molecule has 1 aliphatic rings. The molecule has 1 amide bonds. The molecule has 2 atom stereocenters. The maximum atomic E-state index is 13.1. The van der Waals surface area contributed by atoms with Crippen LogP contribution in [0.25, 0.3) is 0 Å². The number of hydrogen-bond donors (Lipinski definition) is 0. The van der Waals surface area contributed by atoms with Crippen LogP contribution in [0.4, 0.5) is 4.39 Å². The van der Waals surface area contributed by atoms with Gasteiger partial charge in [0, 0.05) is 11.9 Å². The highest BCUT2D eigenvalue weighted by molar-refractivity contribution is 9.09. The summed E-state index contributed by atoms with van der Waals surface area (Å²) in [5.41, 5.74) is 0.707. The first-order valence-corrected chi connectivity index (χ1v) is 7.43. The Labute approximate surface area is 120 Å². The molecule has 0 N–H and O–H groups in total. The number of carbonyl (C=O) groups is 1. The van der Waals surface area contributed by atoms with Crippen LogP contribution in [0.5, 0.6) is 0 Å². The highest BCUT2D eigenvalue weighted by atomic mass is 79.9. The van der Waals surface area contributed by atoms with Gasteiger partial charge in [0.15, 0.2) is 0 Å². The minimum Gasteiger partial charge on any atom is -0.373 e. The maximum Gasteiger partial charge on any atom is 0.227 e. The molecule has 1 aromatic carbocycles. The van der Waals surface area contributed by atoms with E-state index in [2.05, 4.69) is 15.9 Å². The van der Waals surface area contributed by atoms with Crippen molar-refractivity contribution >= 4 is 21.8 Å². The van der Waals surface area contributed by atoms with Gasteiger partial charge in [-0.1, -0.05) is 28.1 Å². The Morgan fingerprint density at radius 3 is 3.05 bits per heavy atom. The summed E-state index contributed by atoms with van der Waals surface area (Å²) in [4.78, 5) is 14.1. The van der Waals surface area contributed by atoms with Gasteiger partial charge in [0.1, 0.15) is 5.82 Å². The van der Waals surface area contributed by atoms with E-state index in [1.54, 1.807) is 12.1 Å². The number of alkyl halides is 1. The molecule has 2 unspecified atom stereocenters. The smallest absolute Gasteiger partial charge is 0.227 e. The Kier molecular flexibility index (Phi) is 4.93. The van der Waals surface area contributed by atoms with E-state index in [1.807, 2.05) is 11.8 Å². The molecule has 0 aromatic heterocycles. The summed E-state index contributed by atoms with van der Waals surface area (Å²) in [6.45, 7) is 3.10. The standard InChI is InChI=1S/C14H17BrFNO2/c1-10-9-19-13(7-15)8-17(10)14(18)6-11-3-2-4-12(16)5-11/h2-5,10,13H,6-9H2,1H3. The van der Waals surface area contributed by atoms with E-state index in [4.69, 9.17) is 4.74 Å². The van der Waals surface area contributed by atoms with Gasteiger partial charge in [0.2, 0.25) is 5.91 Å². The van der Waals surface area contributed by atoms with Gasteiger partial charge in [-0.3, -0.25) is 4.79 Å². The number of amides is 1. The number of rotatable bonds is 3. The highest BCUT2D eigenvalue weighted by Crippen LogP contribution is 2.15. The monoisotopic (exact) mass is 329 g/mol. The second-order valence-electron chi connectivity index (χ2n) is 4.81. The summed E-state index contributed by atoms with van der Waals surface area (Å²) in [5, 5.41) is 0.712. The Balaban J connectivity index is 2.02. The molecule has 1 saturated heterocycles. The quantitative estimate of drug-likeness (QED) is 0.797. The van der Waals surface area contributed by atoms with Crippen molar-refractivity contribution in [3.8, 4) is 0 Å². The molecule has 1 heterocycles. The number of nitrogens with zero attached hydrogens (tertiary/aromatic N) is 1. The normalized spacial score (nSPS) is 23.4. The maximum absolute atomic E-state index is 13.1. The fraction of sp³-hybridized carbons (Fsp3) is 0.500. The average Bonchev–Trinajstić information content (AvgIpc) is 2.39. The van der Waals surface area contributed by atoms with Crippen LogP contribution in [0.3, 0.4) is 0 Å². The van der Waals surface area contributed by atoms with Crippen LogP contribution >= 0.6 is 15.9 Å². The first kappa shape index (κ1) is 14.5. The third kappa shape index (κ3) is 3.76. The number of morpholine rings is 1. The minimum absolute atomic E-state index is 0.0207. The molecule has 104 valence electrons. The van der Waals surface area contributed by atoms with Gasteiger partial charge in [0.25, 0.3) is 0 Å². The zero-order valence-electron chi connectivity index (χ0n) is 10.8. The lowest BCUT2D eigenvalue weighted by Gasteiger charge is -2.37. The number of halogens is 2. The average molecular weight is 330 g/mol. The van der Waals surface area contributed by atoms with Gasteiger partial charge >= 0.3 is 0 Å². The summed E-state index contributed by atoms with van der Waals surface area (Å²) < 4.78 is 18.7. The molecule has 1 aromatic rings. The molecule has 1 fully saturated rings. The van der Waals surface area contributed by atoms with Gasteiger partial charge in [-0.25, -0.2) is 4.39 Å². The number of hydrogen-bond acceptors (Lipinski definition) is 2. The predicted octanol–water partition coefficient (Wildman–Crippen LogP) is 2.38. The fourth-order valence-electron chi connectivity index (χ4n) is 2.18. The van der Waals surface area contributed by atoms with Gasteiger partial charge in [0.05, 0.1) is 25.2 Å². The molecule has 19 heavy (non-hydrogen) atoms. The predicted molar refractivity (Wildman–Crippen MR) is 74.8 cm³/mol. The molecule has 0 bridgehead atoms. The summed E-state index contributed by atoms with van der Waals surface area (Å²) in [6.07, 6.45) is 0.268. The third-order valence-electron chi connectivity index (χ3n) is 3.24. The fourth-order valence-corrected chi connectivity index (χ4v) is 2.57. The lowest BCUT2D eigenvalue weighted by Crippen LogP contribution is -2.52. The van der Waals surface area contributed by atoms with E-state index in [9.17, 15) is 9.18 Å². The zero-order chi connectivity index (χ0) is 13.8. The van der Waals surface area contributed by atoms with Gasteiger partial charge < -0.3 is 9.64 Å². The molecule has 3 nitrogen and oxygen atoms in total. The largest absolute Gasteiger partial charge is 0.373 e. The molecule has 0 spiro atoms. The lowest BCUT2D eigenvalue weighted by molar-refractivity contribution is -0.142. The highest BCUT2D eigenvalue weighted by Gasteiger charge is 2.28. The molecule has 0 aliphatic carbocycles. The number of benzene rings is 1. The number of ether oxygens (including phenoxy) is 1. The Morgan fingerprint density at radius 1 is 1.58 bits per heavy atom. The van der Waals surface area contributed by atoms with E-state index in [0.717, 1.165) is 0 Å². The van der Waals surface area contributed by atoms with Gasteiger partial charge in [-0.2, -0.15) is 0 Å². The topological polar surface area (TPSA) is 29.5 Å². The lowest BCUT2D eigenvalue weighted by atomic mass is 10.1. The molecular weight excluding hydrogens is 313 g/mol. The van der Waals surface area contributed by atoms with Gasteiger partial charge in [-0.05, 0) is 24.6 Å². The minimum atomic E-state index is -0.307. The first-order chi connectivity index (χ1) is 9.10. The summed E-state index contributed by atoms with van der Waals surface area (Å²) >= 11 is 3.37. The van der Waals surface area contributed by atoms with E-state index < -0.39 is 0 Å². The van der Waals surface area contributed by atoms with Crippen molar-refractivity contribution in [1.82, 2.24) is 4.90 Å². The SMILES string of the molecule is CC1COC(CBr)CN1C(=O)Cc1cccc(F)c1. The van der Waals surface area contributed by atoms with Crippen molar-refractivity contribution in [2.45, 2.75) is 25.5 Å². The van der Waals surface area contributed by atoms with Crippen LogP contribution in [0.2, 0.25) is 0 Å². The van der Waals surface area contributed by atoms with Crippen molar-refractivity contribution < 1.29 is 13.9 Å². The van der Waals surface area contributed by atoms with E-state index in [0.29, 0.717) is 24.0 Å². The van der Waals surface area contributed by atoms with E-state index >= 15 is 0 Å². The molecule has 0 saturated carbocycles. The Morgan fingerprint density at radius 2 is 2.37 bits per heavy atom. The zero-order valence-corrected chi connectivity index (χ0v) is 12.4. The first-order valence-electron chi connectivity index (χ1n) is 6.31. The third-order valence-corrected chi connectivity index (χ3v) is 3.96. The van der Waals surface area contributed by atoms with E-state index in [1.165, 1.54) is 12.1 Å².